The summed E-state index contributed by atoms with van der Waals surface area (Å²) in [7, 11) is 0. The Morgan fingerprint density at radius 2 is 2.17 bits per heavy atom. The van der Waals surface area contributed by atoms with Crippen LogP contribution in [-0.2, 0) is 14.3 Å². The molecule has 0 bridgehead atoms. The Kier molecular flexibility index (Phi) is 4.49. The standard InChI is InChI=1S/C12H12ClNO3S/c13-8-1-3-9(4-2-8)18-7-11(15)14-10-5-6-17-12(10)16/h1-4,10H,5-7H2,(H,14,15). The van der Waals surface area contributed by atoms with Crippen LogP contribution in [0.1, 0.15) is 6.42 Å². The van der Waals surface area contributed by atoms with E-state index in [-0.39, 0.29) is 17.6 Å². The highest BCUT2D eigenvalue weighted by molar-refractivity contribution is 8.00. The highest BCUT2D eigenvalue weighted by Crippen LogP contribution is 2.20. The summed E-state index contributed by atoms with van der Waals surface area (Å²) in [4.78, 5) is 23.7. The summed E-state index contributed by atoms with van der Waals surface area (Å²) in [5, 5.41) is 3.31. The van der Waals surface area contributed by atoms with E-state index in [9.17, 15) is 9.59 Å². The smallest absolute Gasteiger partial charge is 0.328 e. The topological polar surface area (TPSA) is 55.4 Å². The Hall–Kier alpha value is -1.20. The first-order valence-corrected chi connectivity index (χ1v) is 6.86. The van der Waals surface area contributed by atoms with Gasteiger partial charge in [0.25, 0.3) is 0 Å². The van der Waals surface area contributed by atoms with Gasteiger partial charge in [-0.1, -0.05) is 11.6 Å². The average molecular weight is 286 g/mol. The lowest BCUT2D eigenvalue weighted by molar-refractivity contribution is -0.141. The number of hydrogen-bond donors (Lipinski definition) is 1. The molecule has 4 nitrogen and oxygen atoms in total. The molecule has 1 amide bonds. The van der Waals surface area contributed by atoms with Gasteiger partial charge in [0.15, 0.2) is 0 Å². The Morgan fingerprint density at radius 1 is 1.44 bits per heavy atom. The van der Waals surface area contributed by atoms with Crippen molar-refractivity contribution in [3.8, 4) is 0 Å². The van der Waals surface area contributed by atoms with E-state index in [1.807, 2.05) is 12.1 Å². The number of cyclic esters (lactones) is 1. The molecule has 1 aromatic carbocycles. The second kappa shape index (κ2) is 6.11. The molecule has 0 spiro atoms. The largest absolute Gasteiger partial charge is 0.464 e. The summed E-state index contributed by atoms with van der Waals surface area (Å²) in [6, 6.07) is 6.77. The van der Waals surface area contributed by atoms with Crippen LogP contribution in [0, 0.1) is 0 Å². The highest BCUT2D eigenvalue weighted by Gasteiger charge is 2.27. The van der Waals surface area contributed by atoms with Crippen LogP contribution in [0.2, 0.25) is 5.02 Å². The van der Waals surface area contributed by atoms with Gasteiger partial charge in [0.1, 0.15) is 6.04 Å². The van der Waals surface area contributed by atoms with Crippen LogP contribution in [0.5, 0.6) is 0 Å². The fourth-order valence-electron chi connectivity index (χ4n) is 1.54. The van der Waals surface area contributed by atoms with Crippen LogP contribution < -0.4 is 5.32 Å². The third-order valence-corrected chi connectivity index (χ3v) is 3.72. The SMILES string of the molecule is O=C(CSc1ccc(Cl)cc1)NC1CCOC1=O. The normalized spacial score (nSPS) is 18.5. The minimum atomic E-state index is -0.483. The number of amides is 1. The number of nitrogens with one attached hydrogen (secondary N) is 1. The van der Waals surface area contributed by atoms with Crippen LogP contribution in [0.25, 0.3) is 0 Å². The maximum atomic E-state index is 11.6. The first-order valence-electron chi connectivity index (χ1n) is 5.49. The van der Waals surface area contributed by atoms with Crippen molar-refractivity contribution >= 4 is 35.2 Å². The van der Waals surface area contributed by atoms with Gasteiger partial charge in [-0.25, -0.2) is 4.79 Å². The van der Waals surface area contributed by atoms with E-state index in [0.29, 0.717) is 18.1 Å². The monoisotopic (exact) mass is 285 g/mol. The molecule has 1 unspecified atom stereocenters. The Labute approximate surface area is 114 Å². The van der Waals surface area contributed by atoms with Crippen LogP contribution in [0.3, 0.4) is 0 Å². The molecule has 6 heteroatoms. The van der Waals surface area contributed by atoms with E-state index in [1.165, 1.54) is 11.8 Å². The van der Waals surface area contributed by atoms with Gasteiger partial charge in [0.2, 0.25) is 5.91 Å². The fraction of sp³-hybridized carbons (Fsp3) is 0.333. The predicted molar refractivity (Wildman–Crippen MR) is 69.7 cm³/mol. The van der Waals surface area contributed by atoms with E-state index >= 15 is 0 Å². The molecule has 1 atom stereocenters. The predicted octanol–water partition coefficient (Wildman–Crippen LogP) is 1.86. The molecule has 2 rings (SSSR count). The van der Waals surface area contributed by atoms with Crippen molar-refractivity contribution in [2.75, 3.05) is 12.4 Å². The van der Waals surface area contributed by atoms with E-state index in [4.69, 9.17) is 16.3 Å². The molecule has 1 aliphatic rings. The Bertz CT molecular complexity index is 449. The number of rotatable bonds is 4. The van der Waals surface area contributed by atoms with Crippen LogP contribution >= 0.6 is 23.4 Å². The van der Waals surface area contributed by atoms with Crippen molar-refractivity contribution in [2.24, 2.45) is 0 Å². The van der Waals surface area contributed by atoms with E-state index in [0.717, 1.165) is 4.90 Å². The first kappa shape index (κ1) is 13.2. The number of carbonyl (C=O) groups excluding carboxylic acids is 2. The quantitative estimate of drug-likeness (QED) is 0.678. The van der Waals surface area contributed by atoms with Crippen molar-refractivity contribution in [3.63, 3.8) is 0 Å². The second-order valence-corrected chi connectivity index (χ2v) is 5.30. The number of hydrogen-bond acceptors (Lipinski definition) is 4. The molecule has 1 saturated heterocycles. The van der Waals surface area contributed by atoms with Crippen LogP contribution in [0.15, 0.2) is 29.2 Å². The molecule has 0 radical (unpaired) electrons. The van der Waals surface area contributed by atoms with Gasteiger partial charge in [-0.05, 0) is 24.3 Å². The van der Waals surface area contributed by atoms with Gasteiger partial charge in [0, 0.05) is 16.3 Å². The van der Waals surface area contributed by atoms with E-state index in [1.54, 1.807) is 12.1 Å². The minimum Gasteiger partial charge on any atom is -0.464 e. The molecule has 1 fully saturated rings. The third kappa shape index (κ3) is 3.65. The molecule has 18 heavy (non-hydrogen) atoms. The van der Waals surface area contributed by atoms with Gasteiger partial charge in [-0.15, -0.1) is 11.8 Å². The first-order chi connectivity index (χ1) is 8.65. The third-order valence-electron chi connectivity index (χ3n) is 2.45. The number of ether oxygens (including phenoxy) is 1. The molecular formula is C12H12ClNO3S. The molecule has 0 saturated carbocycles. The second-order valence-electron chi connectivity index (χ2n) is 3.82. The van der Waals surface area contributed by atoms with Gasteiger partial charge in [0.05, 0.1) is 12.4 Å². The van der Waals surface area contributed by atoms with Crippen molar-refractivity contribution in [1.29, 1.82) is 0 Å². The van der Waals surface area contributed by atoms with E-state index in [2.05, 4.69) is 5.32 Å². The number of benzene rings is 1. The maximum absolute atomic E-state index is 11.6. The van der Waals surface area contributed by atoms with Gasteiger partial charge in [-0.3, -0.25) is 4.79 Å². The summed E-state index contributed by atoms with van der Waals surface area (Å²) >= 11 is 7.16. The Balaban J connectivity index is 1.78. The molecule has 1 aromatic rings. The van der Waals surface area contributed by atoms with Crippen molar-refractivity contribution in [2.45, 2.75) is 17.4 Å². The summed E-state index contributed by atoms with van der Waals surface area (Å²) in [6.07, 6.45) is 0.552. The minimum absolute atomic E-state index is 0.168. The summed E-state index contributed by atoms with van der Waals surface area (Å²) < 4.78 is 4.77. The molecule has 1 heterocycles. The number of halogens is 1. The maximum Gasteiger partial charge on any atom is 0.328 e. The van der Waals surface area contributed by atoms with Crippen molar-refractivity contribution in [1.82, 2.24) is 5.32 Å². The molecule has 1 N–H and O–H groups in total. The Morgan fingerprint density at radius 3 is 2.78 bits per heavy atom. The molecule has 0 aromatic heterocycles. The van der Waals surface area contributed by atoms with Gasteiger partial charge in [-0.2, -0.15) is 0 Å². The van der Waals surface area contributed by atoms with Crippen molar-refractivity contribution in [3.05, 3.63) is 29.3 Å². The zero-order valence-corrected chi connectivity index (χ0v) is 11.1. The highest BCUT2D eigenvalue weighted by atomic mass is 35.5. The molecule has 96 valence electrons. The number of carbonyl (C=O) groups is 2. The summed E-state index contributed by atoms with van der Waals surface area (Å²) in [6.45, 7) is 0.383. The fourth-order valence-corrected chi connectivity index (χ4v) is 2.38. The van der Waals surface area contributed by atoms with Crippen LogP contribution in [0.4, 0.5) is 0 Å². The lowest BCUT2D eigenvalue weighted by atomic mass is 10.2. The zero-order valence-electron chi connectivity index (χ0n) is 9.52. The van der Waals surface area contributed by atoms with Gasteiger partial charge < -0.3 is 10.1 Å². The number of esters is 1. The summed E-state index contributed by atoms with van der Waals surface area (Å²) in [5.74, 6) is -0.246. The van der Waals surface area contributed by atoms with Gasteiger partial charge >= 0.3 is 5.97 Å². The zero-order chi connectivity index (χ0) is 13.0. The molecular weight excluding hydrogens is 274 g/mol. The van der Waals surface area contributed by atoms with Crippen molar-refractivity contribution < 1.29 is 14.3 Å². The average Bonchev–Trinajstić information content (AvgIpc) is 2.74. The molecule has 0 aliphatic carbocycles. The lowest BCUT2D eigenvalue weighted by Crippen LogP contribution is -2.38. The van der Waals surface area contributed by atoms with E-state index < -0.39 is 6.04 Å². The van der Waals surface area contributed by atoms with Crippen LogP contribution in [-0.4, -0.2) is 30.3 Å². The lowest BCUT2D eigenvalue weighted by Gasteiger charge is -2.08. The summed E-state index contributed by atoms with van der Waals surface area (Å²) in [5.41, 5.74) is 0. The number of thioether (sulfide) groups is 1. The molecule has 1 aliphatic heterocycles.